The van der Waals surface area contributed by atoms with Crippen molar-refractivity contribution in [2.24, 2.45) is 0 Å². The summed E-state index contributed by atoms with van der Waals surface area (Å²) in [6, 6.07) is 8.01. The summed E-state index contributed by atoms with van der Waals surface area (Å²) in [5.41, 5.74) is 1.13. The number of hydrogen-bond acceptors (Lipinski definition) is 3. The summed E-state index contributed by atoms with van der Waals surface area (Å²) in [4.78, 5) is 16.7. The van der Waals surface area contributed by atoms with E-state index >= 15 is 0 Å². The Morgan fingerprint density at radius 1 is 1.17 bits per heavy atom. The van der Waals surface area contributed by atoms with Crippen LogP contribution in [0.3, 0.4) is 0 Å². The Balaban J connectivity index is 1.66. The maximum absolute atomic E-state index is 12.3. The predicted octanol–water partition coefficient (Wildman–Crippen LogP) is 2.76. The van der Waals surface area contributed by atoms with Crippen molar-refractivity contribution in [1.29, 1.82) is 0 Å². The fraction of sp³-hybridized carbons (Fsp3) is 0.632. The van der Waals surface area contributed by atoms with Gasteiger partial charge < -0.3 is 15.0 Å². The highest BCUT2D eigenvalue weighted by Gasteiger charge is 2.20. The van der Waals surface area contributed by atoms with E-state index in [0.29, 0.717) is 6.54 Å². The lowest BCUT2D eigenvalue weighted by molar-refractivity contribution is 0.138. The van der Waals surface area contributed by atoms with Crippen molar-refractivity contribution in [2.75, 3.05) is 46.4 Å². The highest BCUT2D eigenvalue weighted by molar-refractivity contribution is 5.74. The maximum Gasteiger partial charge on any atom is 0.317 e. The van der Waals surface area contributed by atoms with Gasteiger partial charge in [-0.2, -0.15) is 0 Å². The van der Waals surface area contributed by atoms with Crippen molar-refractivity contribution < 1.29 is 9.53 Å². The normalized spacial score (nSPS) is 15.3. The molecular formula is C19H31N3O2. The van der Waals surface area contributed by atoms with E-state index in [1.165, 1.54) is 19.3 Å². The summed E-state index contributed by atoms with van der Waals surface area (Å²) < 4.78 is 5.34. The molecule has 2 rings (SSSR count). The summed E-state index contributed by atoms with van der Waals surface area (Å²) in [5, 5.41) is 3.03. The number of para-hydroxylation sites is 1. The van der Waals surface area contributed by atoms with Crippen LogP contribution in [0.1, 0.15) is 31.7 Å². The molecule has 1 aromatic carbocycles. The van der Waals surface area contributed by atoms with Gasteiger partial charge >= 0.3 is 6.03 Å². The molecule has 1 N–H and O–H groups in total. The Hall–Kier alpha value is -1.75. The van der Waals surface area contributed by atoms with Crippen molar-refractivity contribution in [3.63, 3.8) is 0 Å². The largest absolute Gasteiger partial charge is 0.496 e. The molecule has 1 aliphatic heterocycles. The molecule has 0 aliphatic carbocycles. The predicted molar refractivity (Wildman–Crippen MR) is 97.6 cm³/mol. The first-order chi connectivity index (χ1) is 11.7. The van der Waals surface area contributed by atoms with Gasteiger partial charge in [0.1, 0.15) is 5.75 Å². The summed E-state index contributed by atoms with van der Waals surface area (Å²) >= 11 is 0. The Morgan fingerprint density at radius 3 is 2.62 bits per heavy atom. The summed E-state index contributed by atoms with van der Waals surface area (Å²) in [5.74, 6) is 0.882. The molecule has 1 fully saturated rings. The zero-order valence-electron chi connectivity index (χ0n) is 15.1. The maximum atomic E-state index is 12.3. The van der Waals surface area contributed by atoms with Crippen LogP contribution in [0.25, 0.3) is 0 Å². The van der Waals surface area contributed by atoms with Gasteiger partial charge in [-0.15, -0.1) is 0 Å². The number of unbranched alkanes of at least 4 members (excludes halogenated alkanes) is 2. The number of amides is 2. The summed E-state index contributed by atoms with van der Waals surface area (Å²) in [6.07, 6.45) is 4.60. The van der Waals surface area contributed by atoms with Crippen molar-refractivity contribution in [2.45, 2.75) is 32.6 Å². The van der Waals surface area contributed by atoms with E-state index in [0.717, 1.165) is 50.5 Å². The van der Waals surface area contributed by atoms with Crippen molar-refractivity contribution in [1.82, 2.24) is 15.1 Å². The lowest BCUT2D eigenvalue weighted by Crippen LogP contribution is -2.52. The van der Waals surface area contributed by atoms with E-state index in [4.69, 9.17) is 4.74 Å². The van der Waals surface area contributed by atoms with E-state index in [1.54, 1.807) is 7.11 Å². The molecule has 0 aromatic heterocycles. The Kier molecular flexibility index (Phi) is 7.89. The molecule has 0 atom stereocenters. The molecule has 24 heavy (non-hydrogen) atoms. The van der Waals surface area contributed by atoms with Crippen molar-refractivity contribution in [3.8, 4) is 5.75 Å². The van der Waals surface area contributed by atoms with Crippen LogP contribution in [0, 0.1) is 0 Å². The zero-order valence-corrected chi connectivity index (χ0v) is 15.1. The number of nitrogens with one attached hydrogen (secondary N) is 1. The van der Waals surface area contributed by atoms with Gasteiger partial charge in [-0.3, -0.25) is 4.90 Å². The number of carbonyl (C=O) groups excluding carboxylic acids is 1. The van der Waals surface area contributed by atoms with Crippen LogP contribution in [0.5, 0.6) is 5.75 Å². The second-order valence-electron chi connectivity index (χ2n) is 6.33. The number of nitrogens with zero attached hydrogens (tertiary/aromatic N) is 2. The summed E-state index contributed by atoms with van der Waals surface area (Å²) in [7, 11) is 1.68. The first kappa shape index (κ1) is 18.6. The van der Waals surface area contributed by atoms with Gasteiger partial charge in [0, 0.05) is 32.7 Å². The minimum Gasteiger partial charge on any atom is -0.496 e. The molecule has 1 heterocycles. The second-order valence-corrected chi connectivity index (χ2v) is 6.33. The molecule has 5 heteroatoms. The molecule has 1 saturated heterocycles. The van der Waals surface area contributed by atoms with Crippen LogP contribution in [0.15, 0.2) is 24.3 Å². The number of ether oxygens (including phenoxy) is 1. The van der Waals surface area contributed by atoms with Crippen LogP contribution in [0.2, 0.25) is 0 Å². The number of urea groups is 1. The topological polar surface area (TPSA) is 44.8 Å². The molecule has 0 bridgehead atoms. The highest BCUT2D eigenvalue weighted by atomic mass is 16.5. The van der Waals surface area contributed by atoms with Crippen LogP contribution in [-0.4, -0.2) is 62.2 Å². The van der Waals surface area contributed by atoms with E-state index in [-0.39, 0.29) is 6.03 Å². The molecule has 0 radical (unpaired) electrons. The fourth-order valence-electron chi connectivity index (χ4n) is 3.09. The number of hydrogen-bond donors (Lipinski definition) is 1. The second kappa shape index (κ2) is 10.2. The molecule has 1 aliphatic rings. The third kappa shape index (κ3) is 5.71. The summed E-state index contributed by atoms with van der Waals surface area (Å²) in [6.45, 7) is 7.66. The fourth-order valence-corrected chi connectivity index (χ4v) is 3.09. The molecule has 2 amide bonds. The van der Waals surface area contributed by atoms with Gasteiger partial charge in [0.15, 0.2) is 0 Å². The Labute approximate surface area is 146 Å². The monoisotopic (exact) mass is 333 g/mol. The van der Waals surface area contributed by atoms with Gasteiger partial charge in [0.2, 0.25) is 0 Å². The van der Waals surface area contributed by atoms with Crippen molar-refractivity contribution >= 4 is 6.03 Å². The zero-order chi connectivity index (χ0) is 17.2. The van der Waals surface area contributed by atoms with Gasteiger partial charge in [-0.1, -0.05) is 38.0 Å². The smallest absolute Gasteiger partial charge is 0.317 e. The van der Waals surface area contributed by atoms with Crippen LogP contribution < -0.4 is 10.1 Å². The number of rotatable bonds is 8. The minimum absolute atomic E-state index is 0.0538. The van der Waals surface area contributed by atoms with Gasteiger partial charge in [0.05, 0.1) is 7.11 Å². The van der Waals surface area contributed by atoms with E-state index in [9.17, 15) is 4.79 Å². The van der Waals surface area contributed by atoms with Gasteiger partial charge in [-0.05, 0) is 31.0 Å². The van der Waals surface area contributed by atoms with Crippen LogP contribution in [0.4, 0.5) is 4.79 Å². The molecule has 0 unspecified atom stereocenters. The SMILES string of the molecule is CCCCCN1CCN(C(=O)NCCc2ccccc2OC)CC1. The number of methoxy groups -OCH3 is 1. The van der Waals surface area contributed by atoms with Gasteiger partial charge in [-0.25, -0.2) is 4.79 Å². The van der Waals surface area contributed by atoms with E-state index in [2.05, 4.69) is 17.1 Å². The molecule has 5 nitrogen and oxygen atoms in total. The molecule has 134 valence electrons. The average Bonchev–Trinajstić information content (AvgIpc) is 2.63. The Bertz CT molecular complexity index is 499. The number of carbonyl (C=O) groups is 1. The average molecular weight is 333 g/mol. The van der Waals surface area contributed by atoms with E-state index in [1.807, 2.05) is 29.2 Å². The first-order valence-electron chi connectivity index (χ1n) is 9.11. The Morgan fingerprint density at radius 2 is 1.92 bits per heavy atom. The molecule has 0 spiro atoms. The lowest BCUT2D eigenvalue weighted by Gasteiger charge is -2.34. The van der Waals surface area contributed by atoms with Crippen molar-refractivity contribution in [3.05, 3.63) is 29.8 Å². The minimum atomic E-state index is 0.0538. The quantitative estimate of drug-likeness (QED) is 0.744. The highest BCUT2D eigenvalue weighted by Crippen LogP contribution is 2.17. The first-order valence-corrected chi connectivity index (χ1v) is 9.11. The molecular weight excluding hydrogens is 302 g/mol. The van der Waals surface area contributed by atoms with Crippen LogP contribution >= 0.6 is 0 Å². The van der Waals surface area contributed by atoms with Gasteiger partial charge in [0.25, 0.3) is 0 Å². The standard InChI is InChI=1S/C19H31N3O2/c1-3-4-7-12-21-13-15-22(16-14-21)19(23)20-11-10-17-8-5-6-9-18(17)24-2/h5-6,8-9H,3-4,7,10-16H2,1-2H3,(H,20,23). The molecule has 1 aromatic rings. The van der Waals surface area contributed by atoms with E-state index < -0.39 is 0 Å². The third-order valence-corrected chi connectivity index (χ3v) is 4.60. The lowest BCUT2D eigenvalue weighted by atomic mass is 10.1. The number of benzene rings is 1. The third-order valence-electron chi connectivity index (χ3n) is 4.60. The number of piperazine rings is 1. The van der Waals surface area contributed by atoms with Crippen LogP contribution in [-0.2, 0) is 6.42 Å². The molecule has 0 saturated carbocycles.